The standard InChI is InChI=1S/C12H21NO2/c1-12(2,3)15-11(14)13-10-6-4-5-8-7-9(8)10/h8-10H,4-7H2,1-3H3,(H,13,14)/t8-,9+,10-/m1/s1. The summed E-state index contributed by atoms with van der Waals surface area (Å²) >= 11 is 0. The van der Waals surface area contributed by atoms with Crippen LogP contribution < -0.4 is 5.32 Å². The number of amides is 1. The lowest BCUT2D eigenvalue weighted by Crippen LogP contribution is -2.41. The molecule has 3 atom stereocenters. The Morgan fingerprint density at radius 1 is 1.33 bits per heavy atom. The SMILES string of the molecule is CC(C)(C)OC(=O)N[C@@H]1CCC[C@@H]2C[C@@H]21. The van der Waals surface area contributed by atoms with Gasteiger partial charge in [0.05, 0.1) is 0 Å². The second-order valence-corrected chi connectivity index (χ2v) is 5.84. The molecule has 86 valence electrons. The molecule has 0 aromatic heterocycles. The monoisotopic (exact) mass is 211 g/mol. The molecule has 0 saturated heterocycles. The van der Waals surface area contributed by atoms with E-state index in [1.54, 1.807) is 0 Å². The van der Waals surface area contributed by atoms with Crippen LogP contribution in [0.1, 0.15) is 46.5 Å². The highest BCUT2D eigenvalue weighted by Gasteiger charge is 2.45. The van der Waals surface area contributed by atoms with Crippen LogP contribution in [-0.2, 0) is 4.74 Å². The Morgan fingerprint density at radius 3 is 2.73 bits per heavy atom. The second kappa shape index (κ2) is 3.69. The molecule has 0 aliphatic heterocycles. The van der Waals surface area contributed by atoms with E-state index in [9.17, 15) is 4.79 Å². The van der Waals surface area contributed by atoms with Crippen LogP contribution >= 0.6 is 0 Å². The molecule has 3 nitrogen and oxygen atoms in total. The van der Waals surface area contributed by atoms with Gasteiger partial charge in [-0.15, -0.1) is 0 Å². The predicted octanol–water partition coefficient (Wildman–Crippen LogP) is 2.70. The quantitative estimate of drug-likeness (QED) is 0.724. The summed E-state index contributed by atoms with van der Waals surface area (Å²) < 4.78 is 5.26. The van der Waals surface area contributed by atoms with Crippen molar-refractivity contribution in [2.24, 2.45) is 11.8 Å². The lowest BCUT2D eigenvalue weighted by Gasteiger charge is -2.25. The first-order chi connectivity index (χ1) is 6.96. The van der Waals surface area contributed by atoms with Crippen molar-refractivity contribution in [3.05, 3.63) is 0 Å². The van der Waals surface area contributed by atoms with E-state index >= 15 is 0 Å². The molecule has 15 heavy (non-hydrogen) atoms. The fourth-order valence-electron chi connectivity index (χ4n) is 2.55. The van der Waals surface area contributed by atoms with E-state index in [-0.39, 0.29) is 11.7 Å². The molecule has 2 aliphatic carbocycles. The average molecular weight is 211 g/mol. The van der Waals surface area contributed by atoms with Gasteiger partial charge in [0.1, 0.15) is 5.60 Å². The van der Waals surface area contributed by atoms with Crippen molar-refractivity contribution >= 4 is 6.09 Å². The van der Waals surface area contributed by atoms with E-state index in [1.807, 2.05) is 20.8 Å². The Labute approximate surface area is 91.6 Å². The van der Waals surface area contributed by atoms with Crippen molar-refractivity contribution in [1.29, 1.82) is 0 Å². The van der Waals surface area contributed by atoms with Crippen LogP contribution in [-0.4, -0.2) is 17.7 Å². The largest absolute Gasteiger partial charge is 0.444 e. The Kier molecular flexibility index (Phi) is 2.65. The minimum atomic E-state index is -0.387. The van der Waals surface area contributed by atoms with Crippen LogP contribution in [0.5, 0.6) is 0 Å². The topological polar surface area (TPSA) is 38.3 Å². The lowest BCUT2D eigenvalue weighted by molar-refractivity contribution is 0.0488. The molecule has 2 rings (SSSR count). The van der Waals surface area contributed by atoms with Gasteiger partial charge in [-0.2, -0.15) is 0 Å². The van der Waals surface area contributed by atoms with Crippen LogP contribution in [0, 0.1) is 11.8 Å². The van der Waals surface area contributed by atoms with Crippen molar-refractivity contribution in [2.75, 3.05) is 0 Å². The Balaban J connectivity index is 1.79. The number of hydrogen-bond donors (Lipinski definition) is 1. The number of fused-ring (bicyclic) bond motifs is 1. The number of nitrogens with one attached hydrogen (secondary N) is 1. The van der Waals surface area contributed by atoms with Gasteiger partial charge in [-0.3, -0.25) is 0 Å². The Morgan fingerprint density at radius 2 is 2.07 bits per heavy atom. The average Bonchev–Trinajstić information content (AvgIpc) is 2.79. The van der Waals surface area contributed by atoms with Gasteiger partial charge >= 0.3 is 6.09 Å². The third-order valence-electron chi connectivity index (χ3n) is 3.29. The smallest absolute Gasteiger partial charge is 0.407 e. The van der Waals surface area contributed by atoms with Gasteiger partial charge in [0.2, 0.25) is 0 Å². The maximum Gasteiger partial charge on any atom is 0.407 e. The maximum atomic E-state index is 11.6. The van der Waals surface area contributed by atoms with Gasteiger partial charge in [-0.25, -0.2) is 4.79 Å². The highest BCUT2D eigenvalue weighted by Crippen LogP contribution is 2.49. The third-order valence-corrected chi connectivity index (χ3v) is 3.29. The minimum absolute atomic E-state index is 0.250. The molecule has 1 amide bonds. The summed E-state index contributed by atoms with van der Waals surface area (Å²) in [5.74, 6) is 1.63. The first-order valence-corrected chi connectivity index (χ1v) is 5.95. The minimum Gasteiger partial charge on any atom is -0.444 e. The summed E-state index contributed by atoms with van der Waals surface area (Å²) in [4.78, 5) is 11.6. The zero-order valence-corrected chi connectivity index (χ0v) is 9.88. The summed E-state index contributed by atoms with van der Waals surface area (Å²) in [5.41, 5.74) is -0.387. The molecule has 2 aliphatic rings. The second-order valence-electron chi connectivity index (χ2n) is 5.84. The van der Waals surface area contributed by atoms with Crippen molar-refractivity contribution in [2.45, 2.75) is 58.1 Å². The van der Waals surface area contributed by atoms with Crippen LogP contribution in [0.3, 0.4) is 0 Å². The van der Waals surface area contributed by atoms with Crippen LogP contribution in [0.4, 0.5) is 4.79 Å². The molecule has 0 heterocycles. The van der Waals surface area contributed by atoms with Gasteiger partial charge in [-0.05, 0) is 45.4 Å². The number of carbonyl (C=O) groups is 1. The molecular formula is C12H21NO2. The third kappa shape index (κ3) is 2.86. The number of alkyl carbamates (subject to hydrolysis) is 1. The van der Waals surface area contributed by atoms with Gasteiger partial charge in [-0.1, -0.05) is 12.8 Å². The molecule has 0 bridgehead atoms. The highest BCUT2D eigenvalue weighted by molar-refractivity contribution is 5.68. The molecule has 1 N–H and O–H groups in total. The summed E-state index contributed by atoms with van der Waals surface area (Å²) in [6, 6.07) is 0.374. The Hall–Kier alpha value is -0.730. The number of rotatable bonds is 1. The summed E-state index contributed by atoms with van der Waals surface area (Å²) in [6.07, 6.45) is 4.79. The molecule has 0 radical (unpaired) electrons. The maximum absolute atomic E-state index is 11.6. The van der Waals surface area contributed by atoms with Crippen molar-refractivity contribution in [3.63, 3.8) is 0 Å². The molecule has 2 fully saturated rings. The predicted molar refractivity (Wildman–Crippen MR) is 58.6 cm³/mol. The molecular weight excluding hydrogens is 190 g/mol. The van der Waals surface area contributed by atoms with E-state index in [0.717, 1.165) is 18.3 Å². The molecule has 3 heteroatoms. The fourth-order valence-corrected chi connectivity index (χ4v) is 2.55. The summed E-state index contributed by atoms with van der Waals surface area (Å²) in [6.45, 7) is 5.69. The molecule has 0 spiro atoms. The fraction of sp³-hybridized carbons (Fsp3) is 0.917. The molecule has 2 saturated carbocycles. The number of carbonyl (C=O) groups excluding carboxylic acids is 1. The first-order valence-electron chi connectivity index (χ1n) is 5.95. The summed E-state index contributed by atoms with van der Waals surface area (Å²) in [5, 5.41) is 3.01. The zero-order valence-electron chi connectivity index (χ0n) is 9.88. The Bertz CT molecular complexity index is 257. The van der Waals surface area contributed by atoms with Gasteiger partial charge < -0.3 is 10.1 Å². The van der Waals surface area contributed by atoms with Gasteiger partial charge in [0.15, 0.2) is 0 Å². The normalized spacial score (nSPS) is 34.2. The van der Waals surface area contributed by atoms with Crippen molar-refractivity contribution in [3.8, 4) is 0 Å². The van der Waals surface area contributed by atoms with Crippen molar-refractivity contribution < 1.29 is 9.53 Å². The van der Waals surface area contributed by atoms with Crippen LogP contribution in [0.15, 0.2) is 0 Å². The molecule has 0 aromatic rings. The van der Waals surface area contributed by atoms with Crippen LogP contribution in [0.2, 0.25) is 0 Å². The molecule has 0 aromatic carbocycles. The first kappa shape index (κ1) is 10.8. The lowest BCUT2D eigenvalue weighted by atomic mass is 9.96. The van der Waals surface area contributed by atoms with Gasteiger partial charge in [0.25, 0.3) is 0 Å². The van der Waals surface area contributed by atoms with E-state index < -0.39 is 0 Å². The zero-order chi connectivity index (χ0) is 11.1. The van der Waals surface area contributed by atoms with Gasteiger partial charge in [0, 0.05) is 6.04 Å². The van der Waals surface area contributed by atoms with E-state index in [0.29, 0.717) is 6.04 Å². The van der Waals surface area contributed by atoms with E-state index in [2.05, 4.69) is 5.32 Å². The molecule has 0 unspecified atom stereocenters. The number of hydrogen-bond acceptors (Lipinski definition) is 2. The van der Waals surface area contributed by atoms with Crippen LogP contribution in [0.25, 0.3) is 0 Å². The van der Waals surface area contributed by atoms with E-state index in [4.69, 9.17) is 4.74 Å². The highest BCUT2D eigenvalue weighted by atomic mass is 16.6. The number of ether oxygens (including phenoxy) is 1. The summed E-state index contributed by atoms with van der Waals surface area (Å²) in [7, 11) is 0. The van der Waals surface area contributed by atoms with Crippen molar-refractivity contribution in [1.82, 2.24) is 5.32 Å². The van der Waals surface area contributed by atoms with E-state index in [1.165, 1.54) is 19.3 Å².